The zero-order valence-electron chi connectivity index (χ0n) is 14.8. The zero-order valence-corrected chi connectivity index (χ0v) is 16.3. The van der Waals surface area contributed by atoms with Crippen LogP contribution in [0.3, 0.4) is 0 Å². The fraction of sp³-hybridized carbons (Fsp3) is 0.381. The third kappa shape index (κ3) is 3.45. The van der Waals surface area contributed by atoms with Crippen LogP contribution in [0.4, 0.5) is 0 Å². The molecule has 4 nitrogen and oxygen atoms in total. The maximum atomic E-state index is 12.7. The molecule has 0 radical (unpaired) electrons. The number of ether oxygens (including phenoxy) is 2. The topological polar surface area (TPSA) is 47.6 Å². The normalized spacial score (nSPS) is 18.1. The van der Waals surface area contributed by atoms with Crippen LogP contribution < -0.4 is 14.8 Å². The van der Waals surface area contributed by atoms with E-state index in [2.05, 4.69) is 39.4 Å². The second-order valence-electron chi connectivity index (χ2n) is 7.13. The molecular formula is C21H22BrNO3. The number of nitrogens with one attached hydrogen (secondary N) is 1. The molecule has 0 bridgehead atoms. The van der Waals surface area contributed by atoms with Crippen molar-refractivity contribution in [3.63, 3.8) is 0 Å². The molecule has 0 spiro atoms. The molecule has 26 heavy (non-hydrogen) atoms. The Balaban J connectivity index is 1.42. The third-order valence-corrected chi connectivity index (χ3v) is 5.84. The van der Waals surface area contributed by atoms with E-state index in [9.17, 15) is 4.79 Å². The van der Waals surface area contributed by atoms with Crippen LogP contribution in [0.5, 0.6) is 11.5 Å². The van der Waals surface area contributed by atoms with Crippen LogP contribution in [0, 0.1) is 0 Å². The van der Waals surface area contributed by atoms with Crippen molar-refractivity contribution >= 4 is 21.8 Å². The Kier molecular flexibility index (Phi) is 4.65. The molecule has 0 aromatic heterocycles. The van der Waals surface area contributed by atoms with Crippen molar-refractivity contribution in [1.29, 1.82) is 0 Å². The van der Waals surface area contributed by atoms with Crippen molar-refractivity contribution < 1.29 is 14.3 Å². The lowest BCUT2D eigenvalue weighted by Gasteiger charge is -2.21. The average molecular weight is 416 g/mol. The summed E-state index contributed by atoms with van der Waals surface area (Å²) in [6, 6.07) is 14.1. The second-order valence-corrected chi connectivity index (χ2v) is 8.05. The fourth-order valence-electron chi connectivity index (χ4n) is 3.43. The minimum Gasteiger partial charge on any atom is -0.486 e. The van der Waals surface area contributed by atoms with Gasteiger partial charge in [0.1, 0.15) is 13.2 Å². The molecule has 2 aromatic rings. The Labute approximate surface area is 162 Å². The number of carbonyl (C=O) groups excluding carboxylic acids is 1. The Bertz CT molecular complexity index is 832. The Morgan fingerprint density at radius 2 is 1.92 bits per heavy atom. The van der Waals surface area contributed by atoms with Gasteiger partial charge in [0.2, 0.25) is 5.91 Å². The Hall–Kier alpha value is -2.01. The van der Waals surface area contributed by atoms with Gasteiger partial charge in [-0.05, 0) is 55.2 Å². The van der Waals surface area contributed by atoms with Gasteiger partial charge in [-0.15, -0.1) is 0 Å². The number of amides is 1. The number of benzene rings is 2. The van der Waals surface area contributed by atoms with E-state index in [4.69, 9.17) is 9.47 Å². The molecule has 4 rings (SSSR count). The van der Waals surface area contributed by atoms with Gasteiger partial charge in [-0.2, -0.15) is 0 Å². The molecule has 1 N–H and O–H groups in total. The smallest absolute Gasteiger partial charge is 0.227 e. The summed E-state index contributed by atoms with van der Waals surface area (Å²) in [5.74, 6) is 1.28. The van der Waals surface area contributed by atoms with Gasteiger partial charge in [0.05, 0.1) is 5.92 Å². The number of halogens is 1. The molecule has 0 saturated heterocycles. The summed E-state index contributed by atoms with van der Waals surface area (Å²) < 4.78 is 12.3. The molecule has 1 aliphatic carbocycles. The van der Waals surface area contributed by atoms with Crippen molar-refractivity contribution in [1.82, 2.24) is 5.32 Å². The van der Waals surface area contributed by atoms with Gasteiger partial charge in [0, 0.05) is 16.4 Å². The van der Waals surface area contributed by atoms with E-state index in [-0.39, 0.29) is 17.2 Å². The van der Waals surface area contributed by atoms with Gasteiger partial charge in [-0.3, -0.25) is 4.79 Å². The predicted octanol–water partition coefficient (Wildman–Crippen LogP) is 4.17. The first-order chi connectivity index (χ1) is 12.6. The maximum Gasteiger partial charge on any atom is 0.227 e. The number of carbonyl (C=O) groups is 1. The zero-order chi connectivity index (χ0) is 18.1. The predicted molar refractivity (Wildman–Crippen MR) is 104 cm³/mol. The maximum absolute atomic E-state index is 12.7. The molecular weight excluding hydrogens is 394 g/mol. The summed E-state index contributed by atoms with van der Waals surface area (Å²) in [7, 11) is 0. The minimum absolute atomic E-state index is 0.0444. The average Bonchev–Trinajstić information content (AvgIpc) is 3.46. The molecule has 1 aliphatic heterocycles. The molecule has 1 amide bonds. The summed E-state index contributed by atoms with van der Waals surface area (Å²) in [4.78, 5) is 12.7. The van der Waals surface area contributed by atoms with Crippen molar-refractivity contribution in [2.75, 3.05) is 19.8 Å². The highest BCUT2D eigenvalue weighted by Crippen LogP contribution is 2.48. The molecule has 1 heterocycles. The number of hydrogen-bond acceptors (Lipinski definition) is 3. The highest BCUT2D eigenvalue weighted by atomic mass is 79.9. The van der Waals surface area contributed by atoms with Crippen LogP contribution in [0.1, 0.15) is 36.8 Å². The molecule has 2 aliphatic rings. The SMILES string of the molecule is CC(C(=O)NCC1(c2cccc(Br)c2)CC1)c1ccc2c(c1)OCCO2. The summed E-state index contributed by atoms with van der Waals surface area (Å²) in [5, 5.41) is 3.16. The second kappa shape index (κ2) is 6.95. The van der Waals surface area contributed by atoms with E-state index in [0.29, 0.717) is 19.8 Å². The van der Waals surface area contributed by atoms with E-state index in [1.165, 1.54) is 5.56 Å². The lowest BCUT2D eigenvalue weighted by atomic mass is 9.95. The van der Waals surface area contributed by atoms with E-state index >= 15 is 0 Å². The van der Waals surface area contributed by atoms with Gasteiger partial charge >= 0.3 is 0 Å². The number of hydrogen-bond donors (Lipinski definition) is 1. The molecule has 2 aromatic carbocycles. The van der Waals surface area contributed by atoms with Crippen LogP contribution in [0.15, 0.2) is 46.9 Å². The van der Waals surface area contributed by atoms with Crippen LogP contribution in [0.25, 0.3) is 0 Å². The summed E-state index contributed by atoms with van der Waals surface area (Å²) in [5.41, 5.74) is 2.32. The van der Waals surface area contributed by atoms with E-state index < -0.39 is 0 Å². The first-order valence-electron chi connectivity index (χ1n) is 9.01. The molecule has 1 saturated carbocycles. The molecule has 136 valence electrons. The first-order valence-corrected chi connectivity index (χ1v) is 9.80. The minimum atomic E-state index is -0.232. The number of rotatable bonds is 5. The standard InChI is InChI=1S/C21H22BrNO3/c1-14(15-5-6-18-19(11-15)26-10-9-25-18)20(24)23-13-21(7-8-21)16-3-2-4-17(22)12-16/h2-6,11-12,14H,7-10,13H2,1H3,(H,23,24). The molecule has 1 fully saturated rings. The van der Waals surface area contributed by atoms with Gasteiger partial charge in [-0.25, -0.2) is 0 Å². The van der Waals surface area contributed by atoms with Crippen molar-refractivity contribution in [2.24, 2.45) is 0 Å². The summed E-state index contributed by atoms with van der Waals surface area (Å²) in [6.07, 6.45) is 2.23. The molecule has 1 unspecified atom stereocenters. The van der Waals surface area contributed by atoms with Gasteiger partial charge in [0.25, 0.3) is 0 Å². The van der Waals surface area contributed by atoms with Crippen LogP contribution >= 0.6 is 15.9 Å². The lowest BCUT2D eigenvalue weighted by molar-refractivity contribution is -0.122. The fourth-order valence-corrected chi connectivity index (χ4v) is 3.83. The van der Waals surface area contributed by atoms with E-state index in [0.717, 1.165) is 34.4 Å². The Morgan fingerprint density at radius 1 is 1.15 bits per heavy atom. The van der Waals surface area contributed by atoms with Gasteiger partial charge in [-0.1, -0.05) is 34.1 Å². The molecule has 5 heteroatoms. The van der Waals surface area contributed by atoms with Crippen molar-refractivity contribution in [2.45, 2.75) is 31.1 Å². The van der Waals surface area contributed by atoms with Crippen molar-refractivity contribution in [3.05, 3.63) is 58.1 Å². The van der Waals surface area contributed by atoms with Gasteiger partial charge < -0.3 is 14.8 Å². The van der Waals surface area contributed by atoms with Gasteiger partial charge in [0.15, 0.2) is 11.5 Å². The molecule has 1 atom stereocenters. The summed E-state index contributed by atoms with van der Waals surface area (Å²) in [6.45, 7) is 3.73. The van der Waals surface area contributed by atoms with E-state index in [1.807, 2.05) is 31.2 Å². The highest BCUT2D eigenvalue weighted by Gasteiger charge is 2.44. The van der Waals surface area contributed by atoms with Crippen LogP contribution in [-0.4, -0.2) is 25.7 Å². The van der Waals surface area contributed by atoms with Crippen LogP contribution in [0.2, 0.25) is 0 Å². The number of fused-ring (bicyclic) bond motifs is 1. The lowest BCUT2D eigenvalue weighted by Crippen LogP contribution is -2.35. The first kappa shape index (κ1) is 17.4. The van der Waals surface area contributed by atoms with Crippen molar-refractivity contribution in [3.8, 4) is 11.5 Å². The van der Waals surface area contributed by atoms with Crippen LogP contribution in [-0.2, 0) is 10.2 Å². The Morgan fingerprint density at radius 3 is 2.65 bits per heavy atom. The third-order valence-electron chi connectivity index (χ3n) is 5.35. The summed E-state index contributed by atoms with van der Waals surface area (Å²) >= 11 is 3.54. The largest absolute Gasteiger partial charge is 0.486 e. The van der Waals surface area contributed by atoms with E-state index in [1.54, 1.807) is 0 Å². The quantitative estimate of drug-likeness (QED) is 0.796. The monoisotopic (exact) mass is 415 g/mol. The highest BCUT2D eigenvalue weighted by molar-refractivity contribution is 9.10.